The Kier molecular flexibility index (Phi) is 15.8. The number of amides is 6. The van der Waals surface area contributed by atoms with Gasteiger partial charge < -0.3 is 30.3 Å². The van der Waals surface area contributed by atoms with E-state index in [-0.39, 0.29) is 48.4 Å². The zero-order chi connectivity index (χ0) is 44.1. The molecule has 8 N–H and O–H groups in total. The fourth-order valence-corrected chi connectivity index (χ4v) is 7.87. The van der Waals surface area contributed by atoms with Crippen molar-refractivity contribution in [1.29, 1.82) is 0 Å². The standard InChI is InChI=1S/C38H64N8O13/c1-9-21(4)18-25-14-15-38(55,59-24(25)7)37(8,54)36(53)42-29-30(20(2)3)58-35(52)23(6)46(57)32(49)26-12-10-16-40-43(26)28(47)19-39-31(48)22(5)45(56)33(50)27-13-11-17-41-44(27)34(29)51/h20-27,29-30,40-41,54-57H,9-19H2,1-8H3,(H,39,48)(H,42,53)/t21-,22-,23+,24+,25+,26-,27+,29-,30-,37+,38+/m0/s1. The first-order valence-corrected chi connectivity index (χ1v) is 20.7. The van der Waals surface area contributed by atoms with Gasteiger partial charge in [-0.15, -0.1) is 0 Å². The number of carbonyl (C=O) groups excluding carboxylic acids is 7. The van der Waals surface area contributed by atoms with E-state index in [1.165, 1.54) is 6.92 Å². The highest BCUT2D eigenvalue weighted by atomic mass is 16.6. The molecule has 334 valence electrons. The Morgan fingerprint density at radius 2 is 1.46 bits per heavy atom. The van der Waals surface area contributed by atoms with Gasteiger partial charge in [-0.1, -0.05) is 34.1 Å². The summed E-state index contributed by atoms with van der Waals surface area (Å²) < 4.78 is 11.8. The number of fused-ring (bicyclic) bond motifs is 2. The number of cyclic esters (lactones) is 1. The molecule has 0 radical (unpaired) electrons. The second-order valence-electron chi connectivity index (χ2n) is 16.9. The van der Waals surface area contributed by atoms with Crippen LogP contribution in [0.25, 0.3) is 0 Å². The number of aliphatic hydroxyl groups is 2. The topological polar surface area (TPSA) is 280 Å². The molecule has 59 heavy (non-hydrogen) atoms. The maximum absolute atomic E-state index is 14.8. The average Bonchev–Trinajstić information content (AvgIpc) is 3.22. The van der Waals surface area contributed by atoms with Crippen LogP contribution in [0.3, 0.4) is 0 Å². The van der Waals surface area contributed by atoms with E-state index in [1.807, 2.05) is 0 Å². The number of hydrogen-bond donors (Lipinski definition) is 8. The van der Waals surface area contributed by atoms with Gasteiger partial charge in [0.15, 0.2) is 11.6 Å². The molecule has 4 aliphatic heterocycles. The van der Waals surface area contributed by atoms with Gasteiger partial charge in [0.1, 0.15) is 30.3 Å². The number of hydroxylamine groups is 4. The van der Waals surface area contributed by atoms with E-state index < -0.39 is 108 Å². The van der Waals surface area contributed by atoms with Gasteiger partial charge in [0.2, 0.25) is 11.7 Å². The third-order valence-corrected chi connectivity index (χ3v) is 12.2. The maximum atomic E-state index is 14.8. The summed E-state index contributed by atoms with van der Waals surface area (Å²) in [6.07, 6.45) is 0.550. The number of carbonyl (C=O) groups is 7. The molecule has 21 heteroatoms. The summed E-state index contributed by atoms with van der Waals surface area (Å²) in [6, 6.07) is -8.05. The van der Waals surface area contributed by atoms with Crippen LogP contribution in [-0.2, 0) is 43.0 Å². The molecule has 0 aromatic rings. The Hall–Kier alpha value is -3.99. The van der Waals surface area contributed by atoms with Crippen molar-refractivity contribution in [2.24, 2.45) is 17.8 Å². The monoisotopic (exact) mass is 840 g/mol. The summed E-state index contributed by atoms with van der Waals surface area (Å²) in [7, 11) is 0. The first-order valence-electron chi connectivity index (χ1n) is 20.7. The highest BCUT2D eigenvalue weighted by Crippen LogP contribution is 2.40. The number of hydrogen-bond acceptors (Lipinski definition) is 15. The molecule has 0 unspecified atom stereocenters. The van der Waals surface area contributed by atoms with Crippen LogP contribution in [-0.4, -0.2) is 156 Å². The molecule has 4 heterocycles. The van der Waals surface area contributed by atoms with Crippen molar-refractivity contribution in [3.05, 3.63) is 0 Å². The minimum atomic E-state index is -2.70. The fourth-order valence-electron chi connectivity index (χ4n) is 7.87. The van der Waals surface area contributed by atoms with Crippen molar-refractivity contribution in [2.45, 2.75) is 161 Å². The summed E-state index contributed by atoms with van der Waals surface area (Å²) in [4.78, 5) is 96.8. The van der Waals surface area contributed by atoms with E-state index >= 15 is 0 Å². The number of hydrazine groups is 2. The van der Waals surface area contributed by atoms with Gasteiger partial charge in [-0.2, -0.15) is 0 Å². The number of nitrogens with zero attached hydrogens (tertiary/aromatic N) is 4. The van der Waals surface area contributed by atoms with Crippen LogP contribution >= 0.6 is 0 Å². The van der Waals surface area contributed by atoms with Gasteiger partial charge in [0, 0.05) is 19.5 Å². The summed E-state index contributed by atoms with van der Waals surface area (Å²) in [5, 5.41) is 52.4. The van der Waals surface area contributed by atoms with Gasteiger partial charge in [0.05, 0.1) is 12.6 Å². The Morgan fingerprint density at radius 3 is 2.02 bits per heavy atom. The number of nitrogens with one attached hydrogen (secondary N) is 4. The molecule has 0 aromatic carbocycles. The van der Waals surface area contributed by atoms with Crippen molar-refractivity contribution in [2.75, 3.05) is 19.6 Å². The fraction of sp³-hybridized carbons (Fsp3) is 0.816. The molecular formula is C38H64N8O13. The van der Waals surface area contributed by atoms with E-state index in [0.29, 0.717) is 25.2 Å². The molecule has 4 fully saturated rings. The van der Waals surface area contributed by atoms with Gasteiger partial charge in [-0.05, 0) is 84.0 Å². The number of rotatable bonds is 7. The molecule has 6 amide bonds. The van der Waals surface area contributed by atoms with E-state index in [9.17, 15) is 54.2 Å². The zero-order valence-corrected chi connectivity index (χ0v) is 35.3. The van der Waals surface area contributed by atoms with Crippen LogP contribution in [0.1, 0.15) is 107 Å². The van der Waals surface area contributed by atoms with Gasteiger partial charge in [-0.25, -0.2) is 25.8 Å². The molecule has 11 atom stereocenters. The SMILES string of the molecule is CC[C@H](C)C[C@H]1CC[C@](O)([C@](C)(O)C(=O)N[C@@H]2C(=O)N3NCCC[C@@H]3C(=O)N(O)[C@@H](C)C(=O)NCC(=O)N3NCCC[C@H]3C(=O)N(O)[C@H](C)C(=O)O[C@H]2C(C)C)O[C@@H]1C. The van der Waals surface area contributed by atoms with Crippen LogP contribution in [0, 0.1) is 17.8 Å². The zero-order valence-electron chi connectivity index (χ0n) is 35.3. The lowest BCUT2D eigenvalue weighted by Gasteiger charge is -2.47. The molecule has 0 bridgehead atoms. The summed E-state index contributed by atoms with van der Waals surface area (Å²) in [5.74, 6) is -10.4. The highest BCUT2D eigenvalue weighted by Gasteiger charge is 2.57. The van der Waals surface area contributed by atoms with Crippen molar-refractivity contribution in [3.8, 4) is 0 Å². The molecule has 0 spiro atoms. The van der Waals surface area contributed by atoms with Gasteiger partial charge in [-0.3, -0.25) is 49.2 Å². The predicted octanol–water partition coefficient (Wildman–Crippen LogP) is -0.936. The normalized spacial score (nSPS) is 34.1. The molecule has 21 nitrogen and oxygen atoms in total. The van der Waals surface area contributed by atoms with Crippen molar-refractivity contribution in [1.82, 2.24) is 41.6 Å². The van der Waals surface area contributed by atoms with E-state index in [2.05, 4.69) is 35.3 Å². The Labute approximate surface area is 344 Å². The lowest BCUT2D eigenvalue weighted by Crippen LogP contribution is -2.70. The second kappa shape index (κ2) is 19.6. The highest BCUT2D eigenvalue weighted by molar-refractivity contribution is 5.97. The van der Waals surface area contributed by atoms with Crippen LogP contribution < -0.4 is 21.5 Å². The van der Waals surface area contributed by atoms with Crippen molar-refractivity contribution < 1.29 is 63.7 Å². The first-order chi connectivity index (χ1) is 27.6. The van der Waals surface area contributed by atoms with Crippen LogP contribution in [0.2, 0.25) is 0 Å². The predicted molar refractivity (Wildman–Crippen MR) is 205 cm³/mol. The van der Waals surface area contributed by atoms with Crippen molar-refractivity contribution >= 4 is 41.4 Å². The molecule has 0 saturated carbocycles. The Morgan fingerprint density at radius 1 is 0.898 bits per heavy atom. The maximum Gasteiger partial charge on any atom is 0.331 e. The Bertz CT molecular complexity index is 1580. The van der Waals surface area contributed by atoms with Crippen LogP contribution in [0.5, 0.6) is 0 Å². The summed E-state index contributed by atoms with van der Waals surface area (Å²) in [6.45, 7) is 12.1. The average molecular weight is 841 g/mol. The minimum Gasteiger partial charge on any atom is -0.458 e. The smallest absolute Gasteiger partial charge is 0.331 e. The first kappa shape index (κ1) is 47.7. The van der Waals surface area contributed by atoms with E-state index in [4.69, 9.17) is 9.47 Å². The Balaban J connectivity index is 1.76. The lowest BCUT2D eigenvalue weighted by molar-refractivity contribution is -0.326. The van der Waals surface area contributed by atoms with Crippen molar-refractivity contribution in [3.63, 3.8) is 0 Å². The van der Waals surface area contributed by atoms with E-state index in [0.717, 1.165) is 36.7 Å². The molecule has 4 rings (SSSR count). The number of ether oxygens (including phenoxy) is 2. The summed E-state index contributed by atoms with van der Waals surface area (Å²) >= 11 is 0. The lowest BCUT2D eigenvalue weighted by atomic mass is 9.79. The number of esters is 1. The van der Waals surface area contributed by atoms with Crippen LogP contribution in [0.15, 0.2) is 0 Å². The molecule has 4 saturated heterocycles. The molecule has 0 aliphatic carbocycles. The van der Waals surface area contributed by atoms with Gasteiger partial charge in [0.25, 0.3) is 29.5 Å². The second-order valence-corrected chi connectivity index (χ2v) is 16.9. The van der Waals surface area contributed by atoms with Crippen LogP contribution in [0.4, 0.5) is 0 Å². The minimum absolute atomic E-state index is 0.0268. The third-order valence-electron chi connectivity index (χ3n) is 12.2. The summed E-state index contributed by atoms with van der Waals surface area (Å²) in [5.41, 5.74) is 2.85. The largest absolute Gasteiger partial charge is 0.458 e. The molecule has 4 aliphatic rings. The van der Waals surface area contributed by atoms with Gasteiger partial charge >= 0.3 is 5.97 Å². The third kappa shape index (κ3) is 10.3. The molecule has 0 aromatic heterocycles. The quantitative estimate of drug-likeness (QED) is 0.114. The van der Waals surface area contributed by atoms with E-state index in [1.54, 1.807) is 20.8 Å². The molecular weight excluding hydrogens is 776 g/mol.